The van der Waals surface area contributed by atoms with E-state index >= 15 is 0 Å². The molecule has 1 N–H and O–H groups in total. The SMILES string of the molecule is CC(O)(c1cncc(F)c1)C1CCCCC1. The quantitative estimate of drug-likeness (QED) is 0.836. The van der Waals surface area contributed by atoms with E-state index in [1.165, 1.54) is 18.7 Å². The summed E-state index contributed by atoms with van der Waals surface area (Å²) in [4.78, 5) is 3.81. The van der Waals surface area contributed by atoms with E-state index in [0.717, 1.165) is 25.7 Å². The fourth-order valence-electron chi connectivity index (χ4n) is 2.59. The molecule has 0 saturated heterocycles. The Labute approximate surface area is 95.5 Å². The Morgan fingerprint density at radius 2 is 2.00 bits per heavy atom. The second kappa shape index (κ2) is 4.50. The molecule has 3 heteroatoms. The standard InChI is InChI=1S/C13H18FNO/c1-13(16,10-5-3-2-4-6-10)11-7-12(14)9-15-8-11/h7-10,16H,2-6H2,1H3. The minimum absolute atomic E-state index is 0.227. The van der Waals surface area contributed by atoms with Crippen molar-refractivity contribution in [2.75, 3.05) is 0 Å². The first-order valence-corrected chi connectivity index (χ1v) is 5.94. The molecule has 1 fully saturated rings. The van der Waals surface area contributed by atoms with E-state index in [2.05, 4.69) is 4.98 Å². The lowest BCUT2D eigenvalue weighted by Crippen LogP contribution is -2.33. The lowest BCUT2D eigenvalue weighted by atomic mass is 9.75. The Morgan fingerprint density at radius 1 is 1.31 bits per heavy atom. The molecular weight excluding hydrogens is 205 g/mol. The van der Waals surface area contributed by atoms with Crippen LogP contribution in [0.4, 0.5) is 4.39 Å². The Balaban J connectivity index is 2.22. The molecule has 0 bridgehead atoms. The molecule has 2 rings (SSSR count). The molecular formula is C13H18FNO. The molecule has 1 saturated carbocycles. The largest absolute Gasteiger partial charge is 0.385 e. The van der Waals surface area contributed by atoms with Gasteiger partial charge in [0.05, 0.1) is 11.8 Å². The molecule has 0 radical (unpaired) electrons. The second-order valence-electron chi connectivity index (χ2n) is 4.87. The van der Waals surface area contributed by atoms with Crippen LogP contribution < -0.4 is 0 Å². The van der Waals surface area contributed by atoms with Crippen LogP contribution in [0.3, 0.4) is 0 Å². The molecule has 1 atom stereocenters. The van der Waals surface area contributed by atoms with Crippen molar-refractivity contribution in [3.63, 3.8) is 0 Å². The molecule has 1 heterocycles. The van der Waals surface area contributed by atoms with Gasteiger partial charge < -0.3 is 5.11 Å². The molecule has 0 amide bonds. The van der Waals surface area contributed by atoms with Crippen LogP contribution in [0.15, 0.2) is 18.5 Å². The summed E-state index contributed by atoms with van der Waals surface area (Å²) in [6.45, 7) is 1.78. The highest BCUT2D eigenvalue weighted by Gasteiger charge is 2.34. The number of halogens is 1. The van der Waals surface area contributed by atoms with E-state index in [1.807, 2.05) is 0 Å². The van der Waals surface area contributed by atoms with Crippen LogP contribution in [0.2, 0.25) is 0 Å². The molecule has 16 heavy (non-hydrogen) atoms. The Bertz CT molecular complexity index is 359. The van der Waals surface area contributed by atoms with Crippen LogP contribution in [0.1, 0.15) is 44.6 Å². The number of hydrogen-bond acceptors (Lipinski definition) is 2. The van der Waals surface area contributed by atoms with Crippen LogP contribution in [0.25, 0.3) is 0 Å². The summed E-state index contributed by atoms with van der Waals surface area (Å²) in [5.41, 5.74) is -0.352. The summed E-state index contributed by atoms with van der Waals surface area (Å²) in [7, 11) is 0. The molecule has 0 aliphatic heterocycles. The summed E-state index contributed by atoms with van der Waals surface area (Å²) in [6, 6.07) is 1.39. The minimum atomic E-state index is -0.949. The van der Waals surface area contributed by atoms with E-state index in [-0.39, 0.29) is 11.7 Å². The van der Waals surface area contributed by atoms with Gasteiger partial charge in [-0.05, 0) is 31.7 Å². The van der Waals surface area contributed by atoms with Gasteiger partial charge in [0.25, 0.3) is 0 Å². The van der Waals surface area contributed by atoms with Crippen LogP contribution in [-0.2, 0) is 5.60 Å². The van der Waals surface area contributed by atoms with Gasteiger partial charge in [-0.15, -0.1) is 0 Å². The predicted molar refractivity (Wildman–Crippen MR) is 60.3 cm³/mol. The van der Waals surface area contributed by atoms with Crippen molar-refractivity contribution in [3.8, 4) is 0 Å². The molecule has 1 aromatic heterocycles. The van der Waals surface area contributed by atoms with Gasteiger partial charge in [-0.1, -0.05) is 19.3 Å². The summed E-state index contributed by atoms with van der Waals surface area (Å²) in [5, 5.41) is 10.5. The van der Waals surface area contributed by atoms with Gasteiger partial charge in [-0.25, -0.2) is 4.39 Å². The zero-order valence-corrected chi connectivity index (χ0v) is 9.62. The van der Waals surface area contributed by atoms with Crippen molar-refractivity contribution in [1.29, 1.82) is 0 Å². The highest BCUT2D eigenvalue weighted by molar-refractivity contribution is 5.19. The Kier molecular flexibility index (Phi) is 3.24. The number of hydrogen-bond donors (Lipinski definition) is 1. The number of aliphatic hydroxyl groups is 1. The lowest BCUT2D eigenvalue weighted by molar-refractivity contribution is -0.0220. The smallest absolute Gasteiger partial charge is 0.141 e. The minimum Gasteiger partial charge on any atom is -0.385 e. The molecule has 1 aliphatic carbocycles. The van der Waals surface area contributed by atoms with Gasteiger partial charge in [0.15, 0.2) is 0 Å². The second-order valence-corrected chi connectivity index (χ2v) is 4.87. The number of nitrogens with zero attached hydrogens (tertiary/aromatic N) is 1. The average molecular weight is 223 g/mol. The monoisotopic (exact) mass is 223 g/mol. The summed E-state index contributed by atoms with van der Waals surface area (Å²) < 4.78 is 13.1. The van der Waals surface area contributed by atoms with Gasteiger partial charge in [0.1, 0.15) is 5.82 Å². The van der Waals surface area contributed by atoms with Gasteiger partial charge in [0, 0.05) is 11.8 Å². The summed E-state index contributed by atoms with van der Waals surface area (Å²) in [5.74, 6) is -0.154. The summed E-state index contributed by atoms with van der Waals surface area (Å²) >= 11 is 0. The van der Waals surface area contributed by atoms with Gasteiger partial charge in [-0.3, -0.25) is 4.98 Å². The first kappa shape index (κ1) is 11.5. The van der Waals surface area contributed by atoms with Gasteiger partial charge in [0.2, 0.25) is 0 Å². The van der Waals surface area contributed by atoms with E-state index < -0.39 is 5.60 Å². The van der Waals surface area contributed by atoms with Crippen LogP contribution >= 0.6 is 0 Å². The third-order valence-corrected chi connectivity index (χ3v) is 3.69. The molecule has 1 unspecified atom stereocenters. The maximum atomic E-state index is 13.1. The molecule has 88 valence electrons. The first-order valence-electron chi connectivity index (χ1n) is 5.94. The van der Waals surface area contributed by atoms with E-state index in [0.29, 0.717) is 5.56 Å². The van der Waals surface area contributed by atoms with Crippen molar-refractivity contribution in [2.24, 2.45) is 5.92 Å². The van der Waals surface area contributed by atoms with E-state index in [4.69, 9.17) is 0 Å². The van der Waals surface area contributed by atoms with E-state index in [9.17, 15) is 9.50 Å². The summed E-state index contributed by atoms with van der Waals surface area (Å²) in [6.07, 6.45) is 8.33. The van der Waals surface area contributed by atoms with Crippen molar-refractivity contribution < 1.29 is 9.50 Å². The zero-order valence-electron chi connectivity index (χ0n) is 9.62. The maximum absolute atomic E-state index is 13.1. The highest BCUT2D eigenvalue weighted by atomic mass is 19.1. The van der Waals surface area contributed by atoms with Crippen molar-refractivity contribution in [3.05, 3.63) is 29.8 Å². The maximum Gasteiger partial charge on any atom is 0.141 e. The van der Waals surface area contributed by atoms with Crippen LogP contribution in [0, 0.1) is 11.7 Å². The number of rotatable bonds is 2. The topological polar surface area (TPSA) is 33.1 Å². The molecule has 2 nitrogen and oxygen atoms in total. The average Bonchev–Trinajstić information content (AvgIpc) is 2.30. The Hall–Kier alpha value is -0.960. The van der Waals surface area contributed by atoms with Crippen LogP contribution in [-0.4, -0.2) is 10.1 Å². The number of pyridine rings is 1. The molecule has 0 aromatic carbocycles. The van der Waals surface area contributed by atoms with Gasteiger partial charge in [-0.2, -0.15) is 0 Å². The lowest BCUT2D eigenvalue weighted by Gasteiger charge is -2.35. The highest BCUT2D eigenvalue weighted by Crippen LogP contribution is 2.38. The third kappa shape index (κ3) is 2.24. The third-order valence-electron chi connectivity index (χ3n) is 3.69. The van der Waals surface area contributed by atoms with Crippen molar-refractivity contribution >= 4 is 0 Å². The Morgan fingerprint density at radius 3 is 2.62 bits per heavy atom. The predicted octanol–water partition coefficient (Wildman–Crippen LogP) is 3.01. The fraction of sp³-hybridized carbons (Fsp3) is 0.615. The molecule has 0 spiro atoms. The zero-order chi connectivity index (χ0) is 11.6. The first-order chi connectivity index (χ1) is 7.60. The van der Waals surface area contributed by atoms with Crippen molar-refractivity contribution in [1.82, 2.24) is 4.98 Å². The normalized spacial score (nSPS) is 21.7. The van der Waals surface area contributed by atoms with Crippen molar-refractivity contribution in [2.45, 2.75) is 44.6 Å². The van der Waals surface area contributed by atoms with E-state index in [1.54, 1.807) is 13.1 Å². The van der Waals surface area contributed by atoms with Gasteiger partial charge >= 0.3 is 0 Å². The number of aromatic nitrogens is 1. The van der Waals surface area contributed by atoms with Crippen LogP contribution in [0.5, 0.6) is 0 Å². The fourth-order valence-corrected chi connectivity index (χ4v) is 2.59. The molecule has 1 aliphatic rings. The molecule has 1 aromatic rings.